The summed E-state index contributed by atoms with van der Waals surface area (Å²) in [5, 5.41) is 16.2. The van der Waals surface area contributed by atoms with E-state index in [1.165, 1.54) is 4.90 Å². The van der Waals surface area contributed by atoms with E-state index in [1.807, 2.05) is 45.0 Å². The SMILES string of the molecule is CCC(=O)CCCCC[C@H](NC(=O)[C@H]1CCCCN1C(=O)[C@@H](NC(=O)[C@@H](N)Cc1cn(OC)c2ccccc12)[C@H](C)CC)C(=O)O. The fourth-order valence-electron chi connectivity index (χ4n) is 6.00. The molecule has 254 valence electrons. The summed E-state index contributed by atoms with van der Waals surface area (Å²) < 4.78 is 1.62. The van der Waals surface area contributed by atoms with Crippen LogP contribution in [0.5, 0.6) is 0 Å². The Morgan fingerprint density at radius 2 is 1.80 bits per heavy atom. The van der Waals surface area contributed by atoms with Gasteiger partial charge in [-0.1, -0.05) is 58.2 Å². The molecule has 0 radical (unpaired) electrons. The number of hydrogen-bond donors (Lipinski definition) is 4. The molecule has 1 aliphatic rings. The largest absolute Gasteiger partial charge is 0.480 e. The van der Waals surface area contributed by atoms with Crippen molar-refractivity contribution in [3.8, 4) is 0 Å². The first-order valence-electron chi connectivity index (χ1n) is 16.6. The van der Waals surface area contributed by atoms with Crippen molar-refractivity contribution in [1.82, 2.24) is 20.3 Å². The van der Waals surface area contributed by atoms with Crippen LogP contribution in [0.25, 0.3) is 10.9 Å². The van der Waals surface area contributed by atoms with Crippen molar-refractivity contribution in [3.63, 3.8) is 0 Å². The van der Waals surface area contributed by atoms with Gasteiger partial charge in [0.05, 0.1) is 11.6 Å². The second-order valence-corrected chi connectivity index (χ2v) is 12.3. The summed E-state index contributed by atoms with van der Waals surface area (Å²) in [6.07, 6.45) is 7.53. The first-order valence-corrected chi connectivity index (χ1v) is 16.6. The van der Waals surface area contributed by atoms with E-state index >= 15 is 0 Å². The highest BCUT2D eigenvalue weighted by molar-refractivity contribution is 5.95. The molecule has 2 aromatic rings. The molecule has 1 aliphatic heterocycles. The van der Waals surface area contributed by atoms with Crippen LogP contribution in [0.1, 0.15) is 90.5 Å². The zero-order valence-corrected chi connectivity index (χ0v) is 27.6. The van der Waals surface area contributed by atoms with Gasteiger partial charge in [0.15, 0.2) is 0 Å². The molecular weight excluding hydrogens is 590 g/mol. The van der Waals surface area contributed by atoms with Crippen molar-refractivity contribution in [2.45, 2.75) is 116 Å². The average Bonchev–Trinajstić information content (AvgIpc) is 3.42. The minimum Gasteiger partial charge on any atom is -0.480 e. The Morgan fingerprint density at radius 3 is 2.48 bits per heavy atom. The zero-order valence-electron chi connectivity index (χ0n) is 27.6. The van der Waals surface area contributed by atoms with Crippen LogP contribution in [0.15, 0.2) is 30.5 Å². The Hall–Kier alpha value is -3.93. The van der Waals surface area contributed by atoms with E-state index in [-0.39, 0.29) is 30.4 Å². The summed E-state index contributed by atoms with van der Waals surface area (Å²) in [5.41, 5.74) is 8.06. The van der Waals surface area contributed by atoms with E-state index in [4.69, 9.17) is 10.6 Å². The van der Waals surface area contributed by atoms with Crippen LogP contribution in [-0.4, -0.2) is 82.0 Å². The number of fused-ring (bicyclic) bond motifs is 1. The second kappa shape index (κ2) is 17.7. The number of aliphatic carboxylic acids is 1. The van der Waals surface area contributed by atoms with Gasteiger partial charge in [-0.25, -0.2) is 4.79 Å². The third-order valence-electron chi connectivity index (χ3n) is 9.06. The minimum atomic E-state index is -1.14. The average molecular weight is 642 g/mol. The van der Waals surface area contributed by atoms with Gasteiger partial charge < -0.3 is 31.2 Å². The molecule has 0 saturated carbocycles. The normalized spacial score (nSPS) is 17.5. The van der Waals surface area contributed by atoms with Crippen molar-refractivity contribution in [3.05, 3.63) is 36.0 Å². The lowest BCUT2D eigenvalue weighted by molar-refractivity contribution is -0.148. The van der Waals surface area contributed by atoms with Gasteiger partial charge in [0.25, 0.3) is 0 Å². The third-order valence-corrected chi connectivity index (χ3v) is 9.06. The van der Waals surface area contributed by atoms with Crippen LogP contribution in [0.3, 0.4) is 0 Å². The van der Waals surface area contributed by atoms with Crippen molar-refractivity contribution in [2.24, 2.45) is 11.7 Å². The topological polar surface area (TPSA) is 173 Å². The number of carboxylic acid groups (broad SMARTS) is 1. The molecule has 3 amide bonds. The number of nitrogens with zero attached hydrogens (tertiary/aromatic N) is 2. The Kier molecular flexibility index (Phi) is 14.0. The number of unbranched alkanes of at least 4 members (excludes halogenated alkanes) is 2. The predicted molar refractivity (Wildman–Crippen MR) is 175 cm³/mol. The van der Waals surface area contributed by atoms with Crippen LogP contribution < -0.4 is 21.2 Å². The quantitative estimate of drug-likeness (QED) is 0.180. The molecule has 1 fully saturated rings. The number of likely N-dealkylation sites (tertiary alicyclic amines) is 1. The Balaban J connectivity index is 1.68. The van der Waals surface area contributed by atoms with Gasteiger partial charge in [-0.3, -0.25) is 19.2 Å². The van der Waals surface area contributed by atoms with Crippen molar-refractivity contribution < 1.29 is 33.9 Å². The monoisotopic (exact) mass is 641 g/mol. The number of rotatable bonds is 18. The summed E-state index contributed by atoms with van der Waals surface area (Å²) in [7, 11) is 1.56. The lowest BCUT2D eigenvalue weighted by Gasteiger charge is -2.38. The van der Waals surface area contributed by atoms with E-state index < -0.39 is 42.0 Å². The van der Waals surface area contributed by atoms with Gasteiger partial charge in [0.1, 0.15) is 31.0 Å². The highest BCUT2D eigenvalue weighted by Gasteiger charge is 2.39. The number of carbonyl (C=O) groups is 5. The number of carboxylic acids is 1. The fourth-order valence-corrected chi connectivity index (χ4v) is 6.00. The molecule has 0 spiro atoms. The first kappa shape index (κ1) is 36.5. The standard InChI is InChI=1S/C34H51N5O7/c1-5-22(3)30(37-31(41)26(35)20-23-21-39(46-4)28-17-11-10-15-25(23)28)33(43)38-19-13-12-18-29(38)32(42)36-27(34(44)45)16-9-7-8-14-24(40)6-2/h10-11,15,17,21-22,26-27,29-30H,5-9,12-14,16,18-20,35H2,1-4H3,(H,36,42)(H,37,41)(H,44,45)/t22-,26+,27+,29-,30+/m1/s1. The number of hydrogen-bond acceptors (Lipinski definition) is 7. The highest BCUT2D eigenvalue weighted by atomic mass is 16.6. The number of aromatic nitrogens is 1. The summed E-state index contributed by atoms with van der Waals surface area (Å²) in [6.45, 7) is 5.93. The van der Waals surface area contributed by atoms with Crippen LogP contribution in [0, 0.1) is 5.92 Å². The molecule has 1 aromatic heterocycles. The van der Waals surface area contributed by atoms with Crippen LogP contribution in [0.4, 0.5) is 0 Å². The molecule has 0 unspecified atom stereocenters. The van der Waals surface area contributed by atoms with E-state index in [1.54, 1.807) is 18.0 Å². The maximum atomic E-state index is 14.0. The van der Waals surface area contributed by atoms with Gasteiger partial charge >= 0.3 is 5.97 Å². The lowest BCUT2D eigenvalue weighted by Crippen LogP contribution is -2.61. The smallest absolute Gasteiger partial charge is 0.326 e. The zero-order chi connectivity index (χ0) is 33.8. The maximum absolute atomic E-state index is 14.0. The van der Waals surface area contributed by atoms with Gasteiger partial charge in [0.2, 0.25) is 17.7 Å². The number of nitrogens with one attached hydrogen (secondary N) is 2. The second-order valence-electron chi connectivity index (χ2n) is 12.3. The molecule has 12 heteroatoms. The van der Waals surface area contributed by atoms with Gasteiger partial charge in [0, 0.05) is 31.0 Å². The lowest BCUT2D eigenvalue weighted by atomic mass is 9.93. The van der Waals surface area contributed by atoms with Crippen LogP contribution >= 0.6 is 0 Å². The number of nitrogens with two attached hydrogens (primary N) is 1. The number of ketones is 1. The summed E-state index contributed by atoms with van der Waals surface area (Å²) in [6, 6.07) is 3.85. The summed E-state index contributed by atoms with van der Waals surface area (Å²) in [4.78, 5) is 71.3. The number of para-hydroxylation sites is 1. The molecule has 3 rings (SSSR count). The number of carbonyl (C=O) groups excluding carboxylic acids is 4. The van der Waals surface area contributed by atoms with E-state index in [2.05, 4.69) is 10.6 Å². The number of piperidine rings is 1. The number of Topliss-reactive ketones (excluding diaryl/α,β-unsaturated/α-hetero) is 1. The van der Waals surface area contributed by atoms with Crippen LogP contribution in [-0.2, 0) is 30.4 Å². The highest BCUT2D eigenvalue weighted by Crippen LogP contribution is 2.23. The van der Waals surface area contributed by atoms with Crippen molar-refractivity contribution in [1.29, 1.82) is 0 Å². The first-order chi connectivity index (χ1) is 22.0. The molecule has 12 nitrogen and oxygen atoms in total. The molecule has 5 N–H and O–H groups in total. The van der Waals surface area contributed by atoms with E-state index in [0.29, 0.717) is 64.3 Å². The molecule has 0 aliphatic carbocycles. The van der Waals surface area contributed by atoms with Gasteiger partial charge in [-0.05, 0) is 56.1 Å². The molecular formula is C34H51N5O7. The van der Waals surface area contributed by atoms with E-state index in [0.717, 1.165) is 16.5 Å². The summed E-state index contributed by atoms with van der Waals surface area (Å²) in [5.74, 6) is -2.57. The molecule has 46 heavy (non-hydrogen) atoms. The minimum absolute atomic E-state index is 0.175. The van der Waals surface area contributed by atoms with Gasteiger partial charge in [-0.15, -0.1) is 0 Å². The molecule has 1 aromatic carbocycles. The summed E-state index contributed by atoms with van der Waals surface area (Å²) >= 11 is 0. The van der Waals surface area contributed by atoms with Crippen molar-refractivity contribution >= 4 is 40.4 Å². The van der Waals surface area contributed by atoms with Crippen molar-refractivity contribution in [2.75, 3.05) is 13.7 Å². The molecule has 1 saturated heterocycles. The Labute approximate surface area is 271 Å². The van der Waals surface area contributed by atoms with E-state index in [9.17, 15) is 29.1 Å². The number of benzene rings is 1. The third kappa shape index (κ3) is 9.54. The fraction of sp³-hybridized carbons (Fsp3) is 0.618. The Bertz CT molecular complexity index is 1360. The maximum Gasteiger partial charge on any atom is 0.326 e. The predicted octanol–water partition coefficient (Wildman–Crippen LogP) is 2.98. The van der Waals surface area contributed by atoms with Crippen LogP contribution in [0.2, 0.25) is 0 Å². The Morgan fingerprint density at radius 1 is 1.07 bits per heavy atom. The van der Waals surface area contributed by atoms with Gasteiger partial charge in [-0.2, -0.15) is 4.73 Å². The molecule has 5 atom stereocenters. The molecule has 2 heterocycles. The molecule has 0 bridgehead atoms. The number of amides is 3.